The van der Waals surface area contributed by atoms with E-state index in [-0.39, 0.29) is 11.7 Å². The average molecular weight is 248 g/mol. The molecule has 1 fully saturated rings. The molecule has 1 atom stereocenters. The molecule has 1 aliphatic rings. The zero-order valence-corrected chi connectivity index (χ0v) is 9.57. The molecule has 7 heteroatoms. The van der Waals surface area contributed by atoms with Gasteiger partial charge in [-0.05, 0) is 12.5 Å². The van der Waals surface area contributed by atoms with E-state index >= 15 is 0 Å². The maximum atomic E-state index is 10.7. The minimum atomic E-state index is -0.445. The number of nitro benzene ring substituents is 1. The van der Waals surface area contributed by atoms with Crippen LogP contribution in [0.3, 0.4) is 0 Å². The number of hydrogen-bond donors (Lipinski definition) is 1. The summed E-state index contributed by atoms with van der Waals surface area (Å²) < 4.78 is 5.57. The minimum absolute atomic E-state index is 0.0143. The molecule has 3 rings (SSSR count). The van der Waals surface area contributed by atoms with Gasteiger partial charge in [0.05, 0.1) is 4.92 Å². The van der Waals surface area contributed by atoms with E-state index < -0.39 is 4.92 Å². The maximum absolute atomic E-state index is 10.7. The second kappa shape index (κ2) is 3.95. The summed E-state index contributed by atoms with van der Waals surface area (Å²) in [6.07, 6.45) is 0.902. The van der Waals surface area contributed by atoms with Gasteiger partial charge in [0.2, 0.25) is 0 Å². The van der Waals surface area contributed by atoms with Gasteiger partial charge >= 0.3 is 0 Å². The topological polar surface area (TPSA) is 98.4 Å². The van der Waals surface area contributed by atoms with Crippen molar-refractivity contribution in [2.45, 2.75) is 12.5 Å². The predicted molar refractivity (Wildman–Crippen MR) is 65.5 cm³/mol. The lowest BCUT2D eigenvalue weighted by molar-refractivity contribution is -0.384. The molecular weight excluding hydrogens is 236 g/mol. The van der Waals surface area contributed by atoms with Crippen molar-refractivity contribution in [2.75, 3.05) is 18.0 Å². The van der Waals surface area contributed by atoms with Crippen LogP contribution in [0.1, 0.15) is 6.42 Å². The summed E-state index contributed by atoms with van der Waals surface area (Å²) in [4.78, 5) is 16.5. The number of rotatable bonds is 2. The SMILES string of the molecule is NC1CCN(c2nc3cc([N+](=O)[O-])ccc3o2)C1. The highest BCUT2D eigenvalue weighted by molar-refractivity contribution is 5.77. The zero-order chi connectivity index (χ0) is 12.7. The van der Waals surface area contributed by atoms with Crippen LogP contribution in [0.25, 0.3) is 11.1 Å². The van der Waals surface area contributed by atoms with E-state index in [0.29, 0.717) is 23.7 Å². The van der Waals surface area contributed by atoms with Gasteiger partial charge in [-0.1, -0.05) is 0 Å². The van der Waals surface area contributed by atoms with Crippen LogP contribution in [0.15, 0.2) is 22.6 Å². The van der Waals surface area contributed by atoms with Crippen molar-refractivity contribution >= 4 is 22.8 Å². The van der Waals surface area contributed by atoms with Crippen LogP contribution in [0.4, 0.5) is 11.7 Å². The molecule has 18 heavy (non-hydrogen) atoms. The van der Waals surface area contributed by atoms with Gasteiger partial charge in [-0.3, -0.25) is 10.1 Å². The Morgan fingerprint density at radius 1 is 1.56 bits per heavy atom. The quantitative estimate of drug-likeness (QED) is 0.634. The van der Waals surface area contributed by atoms with E-state index in [1.54, 1.807) is 6.07 Å². The molecule has 94 valence electrons. The Kier molecular flexibility index (Phi) is 2.41. The molecule has 0 amide bonds. The number of anilines is 1. The Hall–Kier alpha value is -2.15. The summed E-state index contributed by atoms with van der Waals surface area (Å²) in [5.74, 6) is 0. The fourth-order valence-electron chi connectivity index (χ4n) is 2.11. The molecule has 0 bridgehead atoms. The number of oxazole rings is 1. The minimum Gasteiger partial charge on any atom is -0.423 e. The van der Waals surface area contributed by atoms with Crippen LogP contribution in [0.5, 0.6) is 0 Å². The maximum Gasteiger partial charge on any atom is 0.298 e. The van der Waals surface area contributed by atoms with Gasteiger partial charge in [-0.2, -0.15) is 4.98 Å². The molecule has 1 aromatic heterocycles. The summed E-state index contributed by atoms with van der Waals surface area (Å²) >= 11 is 0. The normalized spacial score (nSPS) is 19.6. The van der Waals surface area contributed by atoms with Crippen LogP contribution in [0.2, 0.25) is 0 Å². The molecule has 1 aliphatic heterocycles. The number of fused-ring (bicyclic) bond motifs is 1. The third-order valence-corrected chi connectivity index (χ3v) is 3.07. The van der Waals surface area contributed by atoms with E-state index in [1.165, 1.54) is 12.1 Å². The van der Waals surface area contributed by atoms with Crippen molar-refractivity contribution in [3.63, 3.8) is 0 Å². The van der Waals surface area contributed by atoms with Crippen molar-refractivity contribution in [1.82, 2.24) is 4.98 Å². The van der Waals surface area contributed by atoms with Crippen LogP contribution >= 0.6 is 0 Å². The lowest BCUT2D eigenvalue weighted by atomic mass is 10.3. The molecule has 1 aromatic carbocycles. The van der Waals surface area contributed by atoms with Crippen molar-refractivity contribution in [2.24, 2.45) is 5.73 Å². The van der Waals surface area contributed by atoms with Gasteiger partial charge < -0.3 is 15.1 Å². The van der Waals surface area contributed by atoms with Crippen molar-refractivity contribution in [3.05, 3.63) is 28.3 Å². The Morgan fingerprint density at radius 3 is 3.06 bits per heavy atom. The molecule has 0 aliphatic carbocycles. The van der Waals surface area contributed by atoms with Crippen LogP contribution in [-0.4, -0.2) is 29.0 Å². The Morgan fingerprint density at radius 2 is 2.39 bits per heavy atom. The zero-order valence-electron chi connectivity index (χ0n) is 9.57. The van der Waals surface area contributed by atoms with E-state index in [0.717, 1.165) is 13.0 Å². The Labute approximate surface area is 102 Å². The molecule has 1 unspecified atom stereocenters. The molecule has 2 aromatic rings. The van der Waals surface area contributed by atoms with E-state index in [9.17, 15) is 10.1 Å². The highest BCUT2D eigenvalue weighted by Gasteiger charge is 2.23. The fraction of sp³-hybridized carbons (Fsp3) is 0.364. The number of nitrogens with two attached hydrogens (primary N) is 1. The molecule has 2 heterocycles. The number of nitro groups is 1. The highest BCUT2D eigenvalue weighted by atomic mass is 16.6. The molecule has 0 spiro atoms. The summed E-state index contributed by atoms with van der Waals surface area (Å²) in [6, 6.07) is 5.01. The molecule has 1 saturated heterocycles. The fourth-order valence-corrected chi connectivity index (χ4v) is 2.11. The first kappa shape index (κ1) is 11.0. The molecule has 7 nitrogen and oxygen atoms in total. The summed E-state index contributed by atoms with van der Waals surface area (Å²) in [5.41, 5.74) is 6.89. The number of aromatic nitrogens is 1. The molecule has 0 radical (unpaired) electrons. The van der Waals surface area contributed by atoms with E-state index in [1.807, 2.05) is 4.90 Å². The van der Waals surface area contributed by atoms with Crippen LogP contribution < -0.4 is 10.6 Å². The van der Waals surface area contributed by atoms with E-state index in [2.05, 4.69) is 4.98 Å². The molecule has 2 N–H and O–H groups in total. The highest BCUT2D eigenvalue weighted by Crippen LogP contribution is 2.27. The third-order valence-electron chi connectivity index (χ3n) is 3.07. The van der Waals surface area contributed by atoms with Gasteiger partial charge in [-0.15, -0.1) is 0 Å². The second-order valence-corrected chi connectivity index (χ2v) is 4.40. The second-order valence-electron chi connectivity index (χ2n) is 4.40. The number of benzene rings is 1. The van der Waals surface area contributed by atoms with Crippen molar-refractivity contribution in [3.8, 4) is 0 Å². The molecule has 0 saturated carbocycles. The van der Waals surface area contributed by atoms with Crippen molar-refractivity contribution < 1.29 is 9.34 Å². The lowest BCUT2D eigenvalue weighted by Gasteiger charge is -2.11. The Balaban J connectivity index is 1.98. The lowest BCUT2D eigenvalue weighted by Crippen LogP contribution is -2.26. The first-order valence-electron chi connectivity index (χ1n) is 5.69. The molecular formula is C11H12N4O3. The van der Waals surface area contributed by atoms with Gasteiger partial charge in [0, 0.05) is 31.3 Å². The summed E-state index contributed by atoms with van der Waals surface area (Å²) in [7, 11) is 0. The first-order chi connectivity index (χ1) is 8.63. The summed E-state index contributed by atoms with van der Waals surface area (Å²) in [6.45, 7) is 1.50. The first-order valence-corrected chi connectivity index (χ1v) is 5.69. The summed E-state index contributed by atoms with van der Waals surface area (Å²) in [5, 5.41) is 10.7. The van der Waals surface area contributed by atoms with Crippen LogP contribution in [-0.2, 0) is 0 Å². The third kappa shape index (κ3) is 1.78. The standard InChI is InChI=1S/C11H12N4O3/c12-7-3-4-14(6-7)11-13-9-5-8(15(16)17)1-2-10(9)18-11/h1-2,5,7H,3-4,6,12H2. The largest absolute Gasteiger partial charge is 0.423 e. The van der Waals surface area contributed by atoms with Gasteiger partial charge in [-0.25, -0.2) is 0 Å². The number of hydrogen-bond acceptors (Lipinski definition) is 6. The average Bonchev–Trinajstić information content (AvgIpc) is 2.93. The van der Waals surface area contributed by atoms with Gasteiger partial charge in [0.25, 0.3) is 11.7 Å². The number of non-ortho nitro benzene ring substituents is 1. The Bertz CT molecular complexity index is 609. The number of nitrogens with zero attached hydrogens (tertiary/aromatic N) is 3. The smallest absolute Gasteiger partial charge is 0.298 e. The van der Waals surface area contributed by atoms with Gasteiger partial charge in [0.15, 0.2) is 5.58 Å². The van der Waals surface area contributed by atoms with Crippen LogP contribution in [0, 0.1) is 10.1 Å². The van der Waals surface area contributed by atoms with Crippen molar-refractivity contribution in [1.29, 1.82) is 0 Å². The van der Waals surface area contributed by atoms with Gasteiger partial charge in [0.1, 0.15) is 5.52 Å². The predicted octanol–water partition coefficient (Wildman–Crippen LogP) is 1.27. The monoisotopic (exact) mass is 248 g/mol. The van der Waals surface area contributed by atoms with E-state index in [4.69, 9.17) is 10.2 Å².